The maximum Gasteiger partial charge on any atom is 0.265 e. The van der Waals surface area contributed by atoms with Gasteiger partial charge in [0.2, 0.25) is 11.8 Å². The highest BCUT2D eigenvalue weighted by atomic mass is 32.1. The molecule has 3 fully saturated rings. The Morgan fingerprint density at radius 2 is 1.96 bits per heavy atom. The van der Waals surface area contributed by atoms with Crippen molar-refractivity contribution in [3.05, 3.63) is 15.6 Å². The predicted octanol–water partition coefficient (Wildman–Crippen LogP) is 0.911. The van der Waals surface area contributed by atoms with E-state index in [0.717, 1.165) is 23.5 Å². The summed E-state index contributed by atoms with van der Waals surface area (Å²) in [5, 5.41) is 0.868. The minimum Gasteiger partial charge on any atom is -0.347 e. The van der Waals surface area contributed by atoms with Crippen molar-refractivity contribution in [1.82, 2.24) is 19.7 Å². The summed E-state index contributed by atoms with van der Waals surface area (Å²) >= 11 is 1.40. The zero-order valence-electron chi connectivity index (χ0n) is 15.1. The van der Waals surface area contributed by atoms with E-state index < -0.39 is 0 Å². The van der Waals surface area contributed by atoms with Gasteiger partial charge < -0.3 is 14.7 Å². The second-order valence-electron chi connectivity index (χ2n) is 7.04. The molecule has 8 heteroatoms. The maximum atomic E-state index is 12.9. The van der Waals surface area contributed by atoms with Gasteiger partial charge in [-0.25, -0.2) is 4.98 Å². The van der Waals surface area contributed by atoms with Crippen molar-refractivity contribution in [2.45, 2.75) is 32.7 Å². The number of hydrogen-bond donors (Lipinski definition) is 0. The number of piperidine rings is 1. The van der Waals surface area contributed by atoms with Gasteiger partial charge in [-0.05, 0) is 26.7 Å². The van der Waals surface area contributed by atoms with Crippen LogP contribution in [-0.4, -0.2) is 77.2 Å². The molecule has 0 aliphatic carbocycles. The summed E-state index contributed by atoms with van der Waals surface area (Å²) in [5.41, 5.74) is 0.745. The van der Waals surface area contributed by atoms with E-state index >= 15 is 0 Å². The number of nitrogens with zero attached hydrogens (tertiary/aromatic N) is 4. The van der Waals surface area contributed by atoms with Gasteiger partial charge in [0.05, 0.1) is 16.6 Å². The lowest BCUT2D eigenvalue weighted by atomic mass is 9.94. The van der Waals surface area contributed by atoms with E-state index in [1.54, 1.807) is 23.9 Å². The fourth-order valence-corrected chi connectivity index (χ4v) is 4.46. The fraction of sp³-hybridized carbons (Fsp3) is 0.647. The first-order valence-corrected chi connectivity index (χ1v) is 9.33. The molecule has 25 heavy (non-hydrogen) atoms. The van der Waals surface area contributed by atoms with Crippen molar-refractivity contribution in [2.24, 2.45) is 5.92 Å². The molecule has 2 bridgehead atoms. The molecule has 0 aromatic carbocycles. The Bertz CT molecular complexity index is 715. The molecule has 0 saturated carbocycles. The van der Waals surface area contributed by atoms with E-state index in [-0.39, 0.29) is 36.2 Å². The topological polar surface area (TPSA) is 73.8 Å². The van der Waals surface area contributed by atoms with Crippen LogP contribution >= 0.6 is 11.3 Å². The normalized spacial score (nSPS) is 23.0. The minimum atomic E-state index is -0.216. The highest BCUT2D eigenvalue weighted by molar-refractivity contribution is 7.13. The molecule has 1 aromatic rings. The number of amides is 3. The Balaban J connectivity index is 1.81. The van der Waals surface area contributed by atoms with Gasteiger partial charge in [-0.1, -0.05) is 0 Å². The molecule has 2 atom stereocenters. The van der Waals surface area contributed by atoms with Crippen LogP contribution in [0.15, 0.2) is 0 Å². The van der Waals surface area contributed by atoms with Crippen molar-refractivity contribution in [3.8, 4) is 0 Å². The van der Waals surface area contributed by atoms with Crippen molar-refractivity contribution in [3.63, 3.8) is 0 Å². The van der Waals surface area contributed by atoms with Gasteiger partial charge in [-0.2, -0.15) is 0 Å². The molecule has 0 radical (unpaired) electrons. The van der Waals surface area contributed by atoms with Gasteiger partial charge in [0.25, 0.3) is 5.91 Å². The first kappa shape index (κ1) is 17.8. The monoisotopic (exact) mass is 364 g/mol. The number of rotatable bonds is 3. The third-order valence-corrected chi connectivity index (χ3v) is 6.04. The van der Waals surface area contributed by atoms with Crippen LogP contribution in [0.3, 0.4) is 0 Å². The van der Waals surface area contributed by atoms with Gasteiger partial charge in [0, 0.05) is 33.2 Å². The lowest BCUT2D eigenvalue weighted by Gasteiger charge is -2.35. The summed E-state index contributed by atoms with van der Waals surface area (Å²) in [4.78, 5) is 47.7. The van der Waals surface area contributed by atoms with Crippen molar-refractivity contribution >= 4 is 29.1 Å². The Hall–Kier alpha value is -1.96. The molecule has 7 nitrogen and oxygen atoms in total. The molecule has 3 saturated heterocycles. The first-order chi connectivity index (χ1) is 11.8. The predicted molar refractivity (Wildman–Crippen MR) is 94.4 cm³/mol. The SMILES string of the molecule is Cc1nc(C)c(C(=O)N2C[C@H]3CC[C@@H](C2)N(CC(=O)N(C)C)C3=O)s1. The highest BCUT2D eigenvalue weighted by Gasteiger charge is 2.43. The quantitative estimate of drug-likeness (QED) is 0.799. The molecular weight excluding hydrogens is 340 g/mol. The summed E-state index contributed by atoms with van der Waals surface area (Å²) in [6.07, 6.45) is 1.61. The van der Waals surface area contributed by atoms with Crippen LogP contribution in [0.5, 0.6) is 0 Å². The lowest BCUT2D eigenvalue weighted by molar-refractivity contribution is -0.145. The Kier molecular flexibility index (Phi) is 4.81. The molecule has 3 aliphatic heterocycles. The Labute approximate surface area is 151 Å². The summed E-state index contributed by atoms with van der Waals surface area (Å²) < 4.78 is 0. The maximum absolute atomic E-state index is 12.9. The molecule has 4 rings (SSSR count). The van der Waals surface area contributed by atoms with E-state index in [2.05, 4.69) is 4.98 Å². The highest BCUT2D eigenvalue weighted by Crippen LogP contribution is 2.31. The molecular formula is C17H24N4O3S. The zero-order valence-corrected chi connectivity index (χ0v) is 15.9. The van der Waals surface area contributed by atoms with Gasteiger partial charge in [0.15, 0.2) is 0 Å². The van der Waals surface area contributed by atoms with E-state index in [9.17, 15) is 14.4 Å². The molecule has 1 aromatic heterocycles. The van der Waals surface area contributed by atoms with E-state index in [1.165, 1.54) is 16.2 Å². The minimum absolute atomic E-state index is 0.000966. The van der Waals surface area contributed by atoms with E-state index in [1.807, 2.05) is 13.8 Å². The Morgan fingerprint density at radius 3 is 2.56 bits per heavy atom. The molecule has 3 amide bonds. The second kappa shape index (κ2) is 6.74. The van der Waals surface area contributed by atoms with Gasteiger partial charge in [0.1, 0.15) is 11.4 Å². The summed E-state index contributed by atoms with van der Waals surface area (Å²) in [7, 11) is 3.38. The number of thiazole rings is 1. The third kappa shape index (κ3) is 3.40. The van der Waals surface area contributed by atoms with Crippen molar-refractivity contribution in [1.29, 1.82) is 0 Å². The van der Waals surface area contributed by atoms with Crippen LogP contribution in [0, 0.1) is 19.8 Å². The van der Waals surface area contributed by atoms with E-state index in [4.69, 9.17) is 0 Å². The molecule has 4 heterocycles. The van der Waals surface area contributed by atoms with Crippen LogP contribution in [0.4, 0.5) is 0 Å². The molecule has 0 unspecified atom stereocenters. The zero-order chi connectivity index (χ0) is 18.3. The van der Waals surface area contributed by atoms with Gasteiger partial charge in [-0.3, -0.25) is 14.4 Å². The van der Waals surface area contributed by atoms with Crippen LogP contribution in [0.25, 0.3) is 0 Å². The van der Waals surface area contributed by atoms with Crippen LogP contribution in [0.1, 0.15) is 33.2 Å². The number of carbonyl (C=O) groups excluding carboxylic acids is 3. The van der Waals surface area contributed by atoms with Crippen molar-refractivity contribution in [2.75, 3.05) is 33.7 Å². The van der Waals surface area contributed by atoms with Crippen LogP contribution in [0.2, 0.25) is 0 Å². The smallest absolute Gasteiger partial charge is 0.265 e. The van der Waals surface area contributed by atoms with Crippen LogP contribution in [-0.2, 0) is 9.59 Å². The standard InChI is InChI=1S/C17H24N4O3S/c1-10-15(25-11(2)18-10)17(24)20-7-12-5-6-13(8-20)21(16(12)23)9-14(22)19(3)4/h12-13H,5-9H2,1-4H3/t12-,13+/m1/s1. The Morgan fingerprint density at radius 1 is 1.24 bits per heavy atom. The number of fused-ring (bicyclic) bond motifs is 4. The number of aromatic nitrogens is 1. The van der Waals surface area contributed by atoms with Gasteiger partial charge in [-0.15, -0.1) is 11.3 Å². The molecule has 0 spiro atoms. The largest absolute Gasteiger partial charge is 0.347 e. The number of carbonyl (C=O) groups is 3. The van der Waals surface area contributed by atoms with E-state index in [0.29, 0.717) is 18.0 Å². The summed E-state index contributed by atoms with van der Waals surface area (Å²) in [6, 6.07) is -0.0894. The molecule has 136 valence electrons. The summed E-state index contributed by atoms with van der Waals surface area (Å²) in [6.45, 7) is 4.73. The number of hydrogen-bond acceptors (Lipinski definition) is 5. The molecule has 3 aliphatic rings. The van der Waals surface area contributed by atoms with Crippen LogP contribution < -0.4 is 0 Å². The fourth-order valence-electron chi connectivity index (χ4n) is 3.57. The number of likely N-dealkylation sites (N-methyl/N-ethyl adjacent to an activating group) is 1. The molecule has 0 N–H and O–H groups in total. The first-order valence-electron chi connectivity index (χ1n) is 8.52. The second-order valence-corrected chi connectivity index (χ2v) is 8.24. The van der Waals surface area contributed by atoms with Crippen molar-refractivity contribution < 1.29 is 14.4 Å². The number of aryl methyl sites for hydroxylation is 2. The van der Waals surface area contributed by atoms with Gasteiger partial charge >= 0.3 is 0 Å². The summed E-state index contributed by atoms with van der Waals surface area (Å²) in [5.74, 6) is -0.354. The third-order valence-electron chi connectivity index (χ3n) is 4.98. The average molecular weight is 364 g/mol. The lowest BCUT2D eigenvalue weighted by Crippen LogP contribution is -2.51. The average Bonchev–Trinajstić information content (AvgIpc) is 2.73.